The first kappa shape index (κ1) is 13.5. The Morgan fingerprint density at radius 1 is 1.47 bits per heavy atom. The second-order valence-corrected chi connectivity index (χ2v) is 7.18. The molecule has 106 valence electrons. The molecule has 3 heterocycles. The number of nitrogens with one attached hydrogen (secondary N) is 1. The number of aromatic nitrogens is 1. The Kier molecular flexibility index (Phi) is 3.89. The molecular formula is C14H24N4S. The highest BCUT2D eigenvalue weighted by molar-refractivity contribution is 7.09. The average Bonchev–Trinajstić information content (AvgIpc) is 2.87. The monoisotopic (exact) mass is 280 g/mol. The highest BCUT2D eigenvalue weighted by Gasteiger charge is 2.40. The minimum Gasteiger partial charge on any atom is -0.300 e. The van der Waals surface area contributed by atoms with Gasteiger partial charge in [0.05, 0.1) is 10.7 Å². The van der Waals surface area contributed by atoms with Gasteiger partial charge in [-0.3, -0.25) is 11.3 Å². The average molecular weight is 280 g/mol. The normalized spacial score (nSPS) is 32.7. The Morgan fingerprint density at radius 2 is 2.16 bits per heavy atom. The molecule has 3 atom stereocenters. The van der Waals surface area contributed by atoms with Crippen LogP contribution >= 0.6 is 11.3 Å². The van der Waals surface area contributed by atoms with Crippen molar-refractivity contribution in [2.75, 3.05) is 7.05 Å². The summed E-state index contributed by atoms with van der Waals surface area (Å²) < 4.78 is 0. The zero-order valence-electron chi connectivity index (χ0n) is 11.8. The van der Waals surface area contributed by atoms with E-state index >= 15 is 0 Å². The number of aryl methyl sites for hydroxylation is 1. The lowest BCUT2D eigenvalue weighted by Gasteiger charge is -2.39. The molecule has 2 fully saturated rings. The molecule has 2 aliphatic rings. The first-order valence-corrected chi connectivity index (χ1v) is 8.14. The van der Waals surface area contributed by atoms with E-state index in [2.05, 4.69) is 34.7 Å². The van der Waals surface area contributed by atoms with Crippen LogP contribution in [0.2, 0.25) is 0 Å². The topological polar surface area (TPSA) is 54.2 Å². The SMILES string of the molecule is Cc1nc(CC(NN)C2CC3CCC(C2)N3C)cs1. The van der Waals surface area contributed by atoms with Crippen LogP contribution < -0.4 is 11.3 Å². The van der Waals surface area contributed by atoms with Crippen LogP contribution in [0.25, 0.3) is 0 Å². The van der Waals surface area contributed by atoms with E-state index in [0.717, 1.165) is 23.5 Å². The fourth-order valence-corrected chi connectivity index (χ4v) is 4.50. The van der Waals surface area contributed by atoms with Gasteiger partial charge >= 0.3 is 0 Å². The third kappa shape index (κ3) is 2.70. The van der Waals surface area contributed by atoms with Crippen molar-refractivity contribution in [2.45, 2.75) is 57.2 Å². The zero-order chi connectivity index (χ0) is 13.4. The summed E-state index contributed by atoms with van der Waals surface area (Å²) in [4.78, 5) is 7.15. The molecule has 0 aliphatic carbocycles. The number of piperidine rings is 1. The molecule has 5 heteroatoms. The second kappa shape index (κ2) is 5.48. The fraction of sp³-hybridized carbons (Fsp3) is 0.786. The quantitative estimate of drug-likeness (QED) is 0.651. The molecule has 2 aliphatic heterocycles. The molecule has 0 aromatic carbocycles. The predicted octanol–water partition coefficient (Wildman–Crippen LogP) is 1.70. The number of thiazole rings is 1. The van der Waals surface area contributed by atoms with E-state index in [1.54, 1.807) is 11.3 Å². The summed E-state index contributed by atoms with van der Waals surface area (Å²) in [6, 6.07) is 1.92. The van der Waals surface area contributed by atoms with E-state index < -0.39 is 0 Å². The van der Waals surface area contributed by atoms with Gasteiger partial charge in [0.25, 0.3) is 0 Å². The van der Waals surface area contributed by atoms with Crippen LogP contribution in [0.5, 0.6) is 0 Å². The minimum atomic E-state index is 0.373. The molecule has 0 spiro atoms. The number of fused-ring (bicyclic) bond motifs is 2. The molecule has 3 N–H and O–H groups in total. The van der Waals surface area contributed by atoms with Gasteiger partial charge in [0.15, 0.2) is 0 Å². The molecule has 2 bridgehead atoms. The summed E-state index contributed by atoms with van der Waals surface area (Å²) in [7, 11) is 2.28. The van der Waals surface area contributed by atoms with E-state index in [1.807, 2.05) is 0 Å². The lowest BCUT2D eigenvalue weighted by Crippen LogP contribution is -2.49. The maximum Gasteiger partial charge on any atom is 0.0897 e. The zero-order valence-corrected chi connectivity index (χ0v) is 12.6. The first-order valence-electron chi connectivity index (χ1n) is 7.26. The van der Waals surface area contributed by atoms with Gasteiger partial charge < -0.3 is 4.90 Å². The highest BCUT2D eigenvalue weighted by Crippen LogP contribution is 2.39. The smallest absolute Gasteiger partial charge is 0.0897 e. The van der Waals surface area contributed by atoms with Gasteiger partial charge in [-0.1, -0.05) is 0 Å². The molecule has 3 unspecified atom stereocenters. The lowest BCUT2D eigenvalue weighted by atomic mass is 9.83. The van der Waals surface area contributed by atoms with Crippen LogP contribution in [0, 0.1) is 12.8 Å². The Morgan fingerprint density at radius 3 is 2.68 bits per heavy atom. The van der Waals surface area contributed by atoms with E-state index in [1.165, 1.54) is 31.4 Å². The standard InChI is InChI=1S/C14H24N4S/c1-9-16-11(8-19-9)7-14(17-15)10-5-12-3-4-13(6-10)18(12)2/h8,10,12-14,17H,3-7,15H2,1-2H3. The Balaban J connectivity index is 1.66. The van der Waals surface area contributed by atoms with E-state index in [0.29, 0.717) is 12.0 Å². The molecule has 0 amide bonds. The van der Waals surface area contributed by atoms with Crippen molar-refractivity contribution >= 4 is 11.3 Å². The van der Waals surface area contributed by atoms with Crippen LogP contribution in [0.4, 0.5) is 0 Å². The van der Waals surface area contributed by atoms with E-state index in [4.69, 9.17) is 5.84 Å². The van der Waals surface area contributed by atoms with Crippen LogP contribution in [0.3, 0.4) is 0 Å². The molecule has 3 rings (SSSR count). The summed E-state index contributed by atoms with van der Waals surface area (Å²) in [6.45, 7) is 2.06. The molecule has 0 saturated carbocycles. The van der Waals surface area contributed by atoms with Crippen molar-refractivity contribution in [3.63, 3.8) is 0 Å². The molecule has 0 radical (unpaired) electrons. The van der Waals surface area contributed by atoms with Crippen molar-refractivity contribution < 1.29 is 0 Å². The summed E-state index contributed by atoms with van der Waals surface area (Å²) in [5.74, 6) is 6.51. The van der Waals surface area contributed by atoms with Gasteiger partial charge in [0.1, 0.15) is 0 Å². The predicted molar refractivity (Wildman–Crippen MR) is 79.0 cm³/mol. The van der Waals surface area contributed by atoms with Crippen molar-refractivity contribution in [1.29, 1.82) is 0 Å². The number of nitrogens with zero attached hydrogens (tertiary/aromatic N) is 2. The maximum atomic E-state index is 5.82. The largest absolute Gasteiger partial charge is 0.300 e. The van der Waals surface area contributed by atoms with Gasteiger partial charge in [0.2, 0.25) is 0 Å². The highest BCUT2D eigenvalue weighted by atomic mass is 32.1. The van der Waals surface area contributed by atoms with Gasteiger partial charge in [-0.2, -0.15) is 0 Å². The Bertz CT molecular complexity index is 419. The second-order valence-electron chi connectivity index (χ2n) is 6.12. The lowest BCUT2D eigenvalue weighted by molar-refractivity contribution is 0.112. The summed E-state index contributed by atoms with van der Waals surface area (Å²) >= 11 is 1.73. The van der Waals surface area contributed by atoms with Crippen LogP contribution in [-0.4, -0.2) is 35.1 Å². The molecular weight excluding hydrogens is 256 g/mol. The Hall–Kier alpha value is -0.490. The number of hydrogen-bond acceptors (Lipinski definition) is 5. The minimum absolute atomic E-state index is 0.373. The van der Waals surface area contributed by atoms with Gasteiger partial charge in [-0.15, -0.1) is 11.3 Å². The van der Waals surface area contributed by atoms with Crippen LogP contribution in [-0.2, 0) is 6.42 Å². The Labute approximate surface area is 119 Å². The van der Waals surface area contributed by atoms with Gasteiger partial charge in [-0.25, -0.2) is 4.98 Å². The van der Waals surface area contributed by atoms with Crippen molar-refractivity contribution in [3.05, 3.63) is 16.1 Å². The molecule has 19 heavy (non-hydrogen) atoms. The fourth-order valence-electron chi connectivity index (χ4n) is 3.87. The van der Waals surface area contributed by atoms with Gasteiger partial charge in [-0.05, 0) is 45.6 Å². The molecule has 1 aromatic rings. The van der Waals surface area contributed by atoms with E-state index in [-0.39, 0.29) is 0 Å². The number of hydrogen-bond donors (Lipinski definition) is 2. The molecule has 1 aromatic heterocycles. The maximum absolute atomic E-state index is 5.82. The number of rotatable bonds is 4. The number of nitrogens with two attached hydrogens (primary N) is 1. The van der Waals surface area contributed by atoms with Crippen molar-refractivity contribution in [2.24, 2.45) is 11.8 Å². The third-order valence-corrected chi connectivity index (χ3v) is 5.84. The van der Waals surface area contributed by atoms with Gasteiger partial charge in [0, 0.05) is 29.9 Å². The number of hydrazine groups is 1. The van der Waals surface area contributed by atoms with Crippen molar-refractivity contribution in [3.8, 4) is 0 Å². The van der Waals surface area contributed by atoms with Crippen LogP contribution in [0.1, 0.15) is 36.4 Å². The summed E-state index contributed by atoms with van der Waals surface area (Å²) in [5.41, 5.74) is 4.25. The molecule has 4 nitrogen and oxygen atoms in total. The molecule has 2 saturated heterocycles. The summed E-state index contributed by atoms with van der Waals surface area (Å²) in [5, 5.41) is 3.32. The van der Waals surface area contributed by atoms with Crippen LogP contribution in [0.15, 0.2) is 5.38 Å². The summed E-state index contributed by atoms with van der Waals surface area (Å²) in [6.07, 6.45) is 6.26. The van der Waals surface area contributed by atoms with Crippen molar-refractivity contribution in [1.82, 2.24) is 15.3 Å². The van der Waals surface area contributed by atoms with E-state index in [9.17, 15) is 0 Å². The third-order valence-electron chi connectivity index (χ3n) is 5.01. The first-order chi connectivity index (χ1) is 9.17.